The van der Waals surface area contributed by atoms with Crippen molar-refractivity contribution in [3.8, 4) is 0 Å². The zero-order valence-corrected chi connectivity index (χ0v) is 47.4. The van der Waals surface area contributed by atoms with E-state index in [0.29, 0.717) is 73.8 Å². The Hall–Kier alpha value is -6.20. The number of hydrogen-bond donors (Lipinski definition) is 3. The number of nitrogens with one attached hydrogen (secondary N) is 1. The molecule has 26 heteroatoms. The van der Waals surface area contributed by atoms with Crippen LogP contribution in [0, 0.1) is 0 Å². The highest BCUT2D eigenvalue weighted by Crippen LogP contribution is 2.36. The molecule has 2 amide bonds. The van der Waals surface area contributed by atoms with Crippen molar-refractivity contribution in [2.75, 3.05) is 25.0 Å². The van der Waals surface area contributed by atoms with Gasteiger partial charge in [0.25, 0.3) is 28.5 Å². The number of hydrogen-bond acceptors (Lipinski definition) is 19. The number of Topliss-reactive ketones (excluding diaryl/α,β-unsaturated/α-hetero) is 1. The predicted octanol–water partition coefficient (Wildman–Crippen LogP) is 2.33. The van der Waals surface area contributed by atoms with E-state index >= 15 is 0 Å². The molecular formula is C50H39N7O10S9. The van der Waals surface area contributed by atoms with Crippen LogP contribution in [-0.2, 0) is 44.1 Å². The number of thiazole rings is 3. The highest BCUT2D eigenvalue weighted by atomic mass is 32.2. The highest BCUT2D eigenvalue weighted by Gasteiger charge is 2.37. The van der Waals surface area contributed by atoms with Gasteiger partial charge in [0.15, 0.2) is 5.78 Å². The summed E-state index contributed by atoms with van der Waals surface area (Å²) in [6, 6.07) is 21.2. The van der Waals surface area contributed by atoms with Crippen LogP contribution in [-0.4, -0.2) is 102 Å². The second kappa shape index (κ2) is 22.4. The molecule has 388 valence electrons. The molecule has 76 heavy (non-hydrogen) atoms. The van der Waals surface area contributed by atoms with Gasteiger partial charge in [0.2, 0.25) is 0 Å². The molecule has 3 aromatic heterocycles. The fourth-order valence-corrected chi connectivity index (χ4v) is 16.2. The Morgan fingerprint density at radius 2 is 0.947 bits per heavy atom. The molecule has 6 heterocycles. The predicted molar refractivity (Wildman–Crippen MR) is 315 cm³/mol. The quantitative estimate of drug-likeness (QED) is 0.142. The molecule has 0 spiro atoms. The Balaban J connectivity index is 1.12. The number of rotatable bonds is 13. The average Bonchev–Trinajstić information content (AvgIpc) is 4.19. The molecule has 1 unspecified atom stereocenters. The minimum absolute atomic E-state index is 0.185. The summed E-state index contributed by atoms with van der Waals surface area (Å²) >= 11 is 22.6. The number of ketones is 1. The van der Waals surface area contributed by atoms with Gasteiger partial charge in [0.1, 0.15) is 51.6 Å². The molecule has 6 aromatic rings. The molecule has 3 aromatic carbocycles. The maximum absolute atomic E-state index is 13.8. The van der Waals surface area contributed by atoms with E-state index < -0.39 is 48.1 Å². The molecule has 17 nitrogen and oxygen atoms in total. The van der Waals surface area contributed by atoms with E-state index in [-0.39, 0.29) is 45.5 Å². The van der Waals surface area contributed by atoms with Gasteiger partial charge in [-0.05, 0) is 92.2 Å². The average molecular weight is 1190 g/mol. The van der Waals surface area contributed by atoms with Crippen molar-refractivity contribution in [2.24, 2.45) is 7.05 Å². The summed E-state index contributed by atoms with van der Waals surface area (Å²) in [5.41, 5.74) is 2.54. The lowest BCUT2D eigenvalue weighted by Crippen LogP contribution is -2.37. The number of nitrogens with zero attached hydrogens (tertiary/aromatic N) is 6. The first kappa shape index (κ1) is 54.6. The van der Waals surface area contributed by atoms with Gasteiger partial charge in [-0.15, -0.1) is 34.0 Å². The number of carboxylic acid groups (broad SMARTS) is 2. The lowest BCUT2D eigenvalue weighted by molar-refractivity contribution is -0.138. The van der Waals surface area contributed by atoms with Crippen LogP contribution in [0.15, 0.2) is 87.2 Å². The monoisotopic (exact) mass is 1190 g/mol. The summed E-state index contributed by atoms with van der Waals surface area (Å²) in [5, 5.41) is 22.3. The number of benzene rings is 3. The summed E-state index contributed by atoms with van der Waals surface area (Å²) in [7, 11) is 3.22. The molecule has 3 aliphatic rings. The maximum atomic E-state index is 13.8. The number of carbonyl (C=O) groups excluding carboxylic acids is 3. The summed E-state index contributed by atoms with van der Waals surface area (Å²) in [6.07, 6.45) is 5.00. The van der Waals surface area contributed by atoms with E-state index in [9.17, 15) is 48.6 Å². The molecular weight excluding hydrogens is 1150 g/mol. The molecule has 3 aliphatic heterocycles. The van der Waals surface area contributed by atoms with Crippen LogP contribution in [0.2, 0.25) is 0 Å². The largest absolute Gasteiger partial charge is 0.480 e. The van der Waals surface area contributed by atoms with Gasteiger partial charge in [-0.1, -0.05) is 108 Å². The Labute approximate surface area is 470 Å². The third-order valence-corrected chi connectivity index (χ3v) is 20.1. The number of carboxylic acids is 2. The smallest absolute Gasteiger partial charge is 0.323 e. The SMILES string of the molecule is CCN1C(=O)/C(=c2\sc(=Cc3ccc(N(c4ccc(/C=c5\s/c(=C6/SC(=S)C(NC)C6=O)n(CC(=O)O)c5=O)cc4)c4ccc(/C=c5/s/c(=C6/SC(=S)N(CC)C6=O)n(CC(=O)O)c5=O)cc4)cc3)c(=O)n2C)SC1=S. The fourth-order valence-electron chi connectivity index (χ4n) is 8.20. The summed E-state index contributed by atoms with van der Waals surface area (Å²) < 4.78 is 6.46. The van der Waals surface area contributed by atoms with Gasteiger partial charge in [-0.25, -0.2) is 0 Å². The van der Waals surface area contributed by atoms with E-state index in [4.69, 9.17) is 36.7 Å². The van der Waals surface area contributed by atoms with Crippen molar-refractivity contribution in [1.29, 1.82) is 0 Å². The van der Waals surface area contributed by atoms with Crippen molar-refractivity contribution in [1.82, 2.24) is 28.8 Å². The van der Waals surface area contributed by atoms with E-state index in [2.05, 4.69) is 5.32 Å². The van der Waals surface area contributed by atoms with E-state index in [1.165, 1.54) is 37.5 Å². The highest BCUT2D eigenvalue weighted by molar-refractivity contribution is 8.31. The van der Waals surface area contributed by atoms with Gasteiger partial charge in [0, 0.05) is 37.2 Å². The Kier molecular flexibility index (Phi) is 16.1. The minimum atomic E-state index is -1.25. The number of likely N-dealkylation sites (N-methyl/N-ethyl adjacent to an activating group) is 1. The van der Waals surface area contributed by atoms with E-state index in [1.807, 2.05) is 60.4 Å². The minimum Gasteiger partial charge on any atom is -0.480 e. The fraction of sp³-hybridized carbons (Fsp3) is 0.180. The number of thiocarbonyl (C=S) groups is 3. The van der Waals surface area contributed by atoms with E-state index in [0.717, 1.165) is 55.3 Å². The first-order valence-corrected chi connectivity index (χ1v) is 28.8. The third kappa shape index (κ3) is 10.5. The summed E-state index contributed by atoms with van der Waals surface area (Å²) in [4.78, 5) is 110. The lowest BCUT2D eigenvalue weighted by Gasteiger charge is -2.26. The first-order valence-electron chi connectivity index (χ1n) is 22.7. The number of amides is 2. The van der Waals surface area contributed by atoms with E-state index in [1.54, 1.807) is 63.5 Å². The van der Waals surface area contributed by atoms with Crippen molar-refractivity contribution in [2.45, 2.75) is 33.0 Å². The number of aliphatic carboxylic acids is 2. The number of carbonyl (C=O) groups is 5. The molecule has 3 fully saturated rings. The molecule has 9 rings (SSSR count). The van der Waals surface area contributed by atoms with Gasteiger partial charge < -0.3 is 25.0 Å². The molecule has 0 aliphatic carbocycles. The summed E-state index contributed by atoms with van der Waals surface area (Å²) in [5.74, 6) is -3.49. The van der Waals surface area contributed by atoms with Crippen molar-refractivity contribution in [3.05, 3.63) is 148 Å². The Morgan fingerprint density at radius 1 is 0.579 bits per heavy atom. The van der Waals surface area contributed by atoms with Gasteiger partial charge in [-0.2, -0.15) is 0 Å². The number of anilines is 3. The number of thioether (sulfide) groups is 3. The lowest BCUT2D eigenvalue weighted by atomic mass is 10.1. The van der Waals surface area contributed by atoms with Crippen LogP contribution in [0.1, 0.15) is 30.5 Å². The topological polar surface area (TPSA) is 214 Å². The zero-order valence-electron chi connectivity index (χ0n) is 40.1. The van der Waals surface area contributed by atoms with Crippen LogP contribution < -0.4 is 54.5 Å². The number of aromatic nitrogens is 3. The third-order valence-electron chi connectivity index (χ3n) is 11.9. The second-order valence-electron chi connectivity index (χ2n) is 16.6. The van der Waals surface area contributed by atoms with Crippen LogP contribution in [0.25, 0.3) is 32.9 Å². The van der Waals surface area contributed by atoms with Crippen LogP contribution >= 0.6 is 106 Å². The van der Waals surface area contributed by atoms with Crippen LogP contribution in [0.3, 0.4) is 0 Å². The Morgan fingerprint density at radius 3 is 1.30 bits per heavy atom. The molecule has 0 bridgehead atoms. The maximum Gasteiger partial charge on any atom is 0.323 e. The molecule has 3 saturated heterocycles. The molecule has 1 atom stereocenters. The first-order chi connectivity index (χ1) is 36.3. The van der Waals surface area contributed by atoms with Crippen LogP contribution in [0.5, 0.6) is 0 Å². The standard InChI is InChI=1S/C50H39N7O10S9/c1-5-53-43(66)38(75-49(53)69)45-52(4)40(63)30(71-45)19-24-7-13-27(14-8-24)57(28-15-9-25(10-16-28)20-31-41(64)55(22-33(58)59)46(72-31)37-36(62)35(51-3)48(68)74-37)29-17-11-26(12-18-29)21-32-42(65)56(23-34(60)61)47(73-32)39-44(67)54(6-2)50(70)76-39/h7-21,35,51H,5-6,22-23H2,1-4H3,(H,58,59)(H,60,61)/b30-19?,31-20-,32-21+,45-38+,46-37+,47-39+. The normalized spacial score (nSPS) is 18.9. The second-order valence-corrected chi connectivity index (χ2v) is 24.8. The molecule has 0 radical (unpaired) electrons. The van der Waals surface area contributed by atoms with Gasteiger partial charge in [0.05, 0.1) is 22.7 Å². The van der Waals surface area contributed by atoms with Crippen molar-refractivity contribution in [3.63, 3.8) is 0 Å². The van der Waals surface area contributed by atoms with Gasteiger partial charge >= 0.3 is 11.9 Å². The molecule has 3 N–H and O–H groups in total. The zero-order chi connectivity index (χ0) is 54.4. The molecule has 0 saturated carbocycles. The van der Waals surface area contributed by atoms with Crippen LogP contribution in [0.4, 0.5) is 17.1 Å². The van der Waals surface area contributed by atoms with Crippen molar-refractivity contribution < 1.29 is 34.2 Å². The summed E-state index contributed by atoms with van der Waals surface area (Å²) in [6.45, 7) is 3.02. The Bertz CT molecular complexity index is 3940. The van der Waals surface area contributed by atoms with Crippen molar-refractivity contribution >= 4 is 198 Å². The van der Waals surface area contributed by atoms with Gasteiger partial charge in [-0.3, -0.25) is 57.3 Å².